The number of phenolic OH excluding ortho intramolecular Hbond substituents is 1. The van der Waals surface area contributed by atoms with Gasteiger partial charge in [0.05, 0.1) is 28.1 Å². The quantitative estimate of drug-likeness (QED) is 0.455. The standard InChI is InChI=1S/C22H14N2O6/c25-18-11-13(22(29)30)7-10-17(18)23-19(26)12-5-8-14(9-6-12)24-20(27)15-3-1-2-4-16(15)21(24)28/h1-11,25H,(H,23,26)(H,29,30). The number of rotatable bonds is 4. The second-order valence-corrected chi connectivity index (χ2v) is 6.53. The number of phenols is 1. The molecule has 1 heterocycles. The van der Waals surface area contributed by atoms with E-state index >= 15 is 0 Å². The van der Waals surface area contributed by atoms with Crippen LogP contribution in [0.15, 0.2) is 66.7 Å². The third kappa shape index (κ3) is 3.16. The van der Waals surface area contributed by atoms with Crippen LogP contribution in [0.1, 0.15) is 41.4 Å². The van der Waals surface area contributed by atoms with Crippen LogP contribution >= 0.6 is 0 Å². The van der Waals surface area contributed by atoms with Gasteiger partial charge in [-0.15, -0.1) is 0 Å². The fraction of sp³-hybridized carbons (Fsp3) is 0. The van der Waals surface area contributed by atoms with E-state index in [1.54, 1.807) is 24.3 Å². The van der Waals surface area contributed by atoms with Crippen LogP contribution < -0.4 is 10.2 Å². The molecule has 0 spiro atoms. The molecule has 8 heteroatoms. The van der Waals surface area contributed by atoms with Crippen molar-refractivity contribution in [3.8, 4) is 5.75 Å². The minimum atomic E-state index is -1.20. The summed E-state index contributed by atoms with van der Waals surface area (Å²) in [6.07, 6.45) is 0. The van der Waals surface area contributed by atoms with E-state index in [-0.39, 0.29) is 22.6 Å². The Labute approximate surface area is 170 Å². The first-order chi connectivity index (χ1) is 14.4. The van der Waals surface area contributed by atoms with E-state index in [9.17, 15) is 24.3 Å². The summed E-state index contributed by atoms with van der Waals surface area (Å²) < 4.78 is 0. The molecule has 3 amide bonds. The lowest BCUT2D eigenvalue weighted by Gasteiger charge is -2.14. The Morgan fingerprint density at radius 3 is 1.90 bits per heavy atom. The number of carboxylic acids is 1. The van der Waals surface area contributed by atoms with Crippen LogP contribution in [0.4, 0.5) is 11.4 Å². The third-order valence-corrected chi connectivity index (χ3v) is 4.67. The maximum absolute atomic E-state index is 12.5. The molecule has 1 aliphatic heterocycles. The summed E-state index contributed by atoms with van der Waals surface area (Å²) in [5.41, 5.74) is 1.13. The number of aromatic hydroxyl groups is 1. The van der Waals surface area contributed by atoms with Crippen LogP contribution in [0.25, 0.3) is 0 Å². The lowest BCUT2D eigenvalue weighted by Crippen LogP contribution is -2.29. The average molecular weight is 402 g/mol. The molecule has 0 fully saturated rings. The van der Waals surface area contributed by atoms with E-state index in [2.05, 4.69) is 5.32 Å². The number of carboxylic acid groups (broad SMARTS) is 1. The van der Waals surface area contributed by atoms with Crippen molar-refractivity contribution in [2.75, 3.05) is 10.2 Å². The number of amides is 3. The van der Waals surface area contributed by atoms with E-state index in [1.165, 1.54) is 36.4 Å². The maximum Gasteiger partial charge on any atom is 0.335 e. The summed E-state index contributed by atoms with van der Waals surface area (Å²) in [6.45, 7) is 0. The van der Waals surface area contributed by atoms with Crippen molar-refractivity contribution in [1.82, 2.24) is 0 Å². The highest BCUT2D eigenvalue weighted by Gasteiger charge is 2.36. The number of anilines is 2. The van der Waals surface area contributed by atoms with Gasteiger partial charge in [0, 0.05) is 5.56 Å². The minimum absolute atomic E-state index is 0.0504. The number of nitrogens with zero attached hydrogens (tertiary/aromatic N) is 1. The van der Waals surface area contributed by atoms with Gasteiger partial charge < -0.3 is 15.5 Å². The van der Waals surface area contributed by atoms with Gasteiger partial charge in [0.15, 0.2) is 0 Å². The van der Waals surface area contributed by atoms with Gasteiger partial charge in [0.1, 0.15) is 5.75 Å². The first kappa shape index (κ1) is 18.9. The van der Waals surface area contributed by atoms with Crippen molar-refractivity contribution in [3.63, 3.8) is 0 Å². The number of hydrogen-bond donors (Lipinski definition) is 3. The molecular formula is C22H14N2O6. The zero-order valence-corrected chi connectivity index (χ0v) is 15.3. The number of carbonyl (C=O) groups excluding carboxylic acids is 3. The van der Waals surface area contributed by atoms with Crippen molar-refractivity contribution in [2.24, 2.45) is 0 Å². The molecule has 3 N–H and O–H groups in total. The molecule has 0 aromatic heterocycles. The van der Waals surface area contributed by atoms with E-state index in [0.717, 1.165) is 11.0 Å². The van der Waals surface area contributed by atoms with E-state index < -0.39 is 23.7 Å². The molecule has 0 radical (unpaired) electrons. The Morgan fingerprint density at radius 2 is 1.37 bits per heavy atom. The topological polar surface area (TPSA) is 124 Å². The maximum atomic E-state index is 12.5. The summed E-state index contributed by atoms with van der Waals surface area (Å²) in [4.78, 5) is 49.5. The van der Waals surface area contributed by atoms with E-state index in [4.69, 9.17) is 5.11 Å². The van der Waals surface area contributed by atoms with Crippen molar-refractivity contribution < 1.29 is 29.4 Å². The van der Waals surface area contributed by atoms with Crippen LogP contribution in [-0.2, 0) is 0 Å². The SMILES string of the molecule is O=C(O)c1ccc(NC(=O)c2ccc(N3C(=O)c4ccccc4C3=O)cc2)c(O)c1. The minimum Gasteiger partial charge on any atom is -0.506 e. The van der Waals surface area contributed by atoms with Gasteiger partial charge in [-0.05, 0) is 54.6 Å². The van der Waals surface area contributed by atoms with E-state index in [0.29, 0.717) is 16.8 Å². The highest BCUT2D eigenvalue weighted by Crippen LogP contribution is 2.29. The first-order valence-electron chi connectivity index (χ1n) is 8.82. The number of nitrogens with one attached hydrogen (secondary N) is 1. The summed E-state index contributed by atoms with van der Waals surface area (Å²) >= 11 is 0. The van der Waals surface area contributed by atoms with Gasteiger partial charge in [-0.2, -0.15) is 0 Å². The zero-order valence-electron chi connectivity index (χ0n) is 15.3. The Hall–Kier alpha value is -4.46. The molecule has 30 heavy (non-hydrogen) atoms. The van der Waals surface area contributed by atoms with Crippen LogP contribution in [-0.4, -0.2) is 33.9 Å². The Balaban J connectivity index is 1.53. The van der Waals surface area contributed by atoms with Gasteiger partial charge in [-0.3, -0.25) is 14.4 Å². The molecule has 3 aromatic rings. The molecule has 3 aromatic carbocycles. The number of imide groups is 1. The normalized spacial score (nSPS) is 12.6. The molecule has 1 aliphatic rings. The second kappa shape index (κ2) is 7.17. The van der Waals surface area contributed by atoms with Gasteiger partial charge in [0.2, 0.25) is 0 Å². The summed E-state index contributed by atoms with van der Waals surface area (Å²) in [7, 11) is 0. The van der Waals surface area contributed by atoms with Gasteiger partial charge in [-0.25, -0.2) is 9.69 Å². The number of hydrogen-bond acceptors (Lipinski definition) is 5. The molecule has 0 bridgehead atoms. The van der Waals surface area contributed by atoms with Crippen molar-refractivity contribution in [2.45, 2.75) is 0 Å². The zero-order chi connectivity index (χ0) is 21.4. The largest absolute Gasteiger partial charge is 0.506 e. The molecule has 0 aliphatic carbocycles. The smallest absolute Gasteiger partial charge is 0.335 e. The monoisotopic (exact) mass is 402 g/mol. The number of aromatic carboxylic acids is 1. The predicted molar refractivity (Wildman–Crippen MR) is 107 cm³/mol. The summed E-state index contributed by atoms with van der Waals surface area (Å²) in [6, 6.07) is 15.9. The summed E-state index contributed by atoms with van der Waals surface area (Å²) in [5.74, 6) is -3.01. The second-order valence-electron chi connectivity index (χ2n) is 6.53. The number of carbonyl (C=O) groups is 4. The van der Waals surface area contributed by atoms with Gasteiger partial charge in [0.25, 0.3) is 17.7 Å². The van der Waals surface area contributed by atoms with Crippen molar-refractivity contribution in [3.05, 3.63) is 89.0 Å². The van der Waals surface area contributed by atoms with Gasteiger partial charge >= 0.3 is 5.97 Å². The van der Waals surface area contributed by atoms with Crippen molar-refractivity contribution >= 4 is 35.1 Å². The molecule has 0 saturated carbocycles. The predicted octanol–water partition coefficient (Wildman–Crippen LogP) is 3.14. The highest BCUT2D eigenvalue weighted by atomic mass is 16.4. The van der Waals surface area contributed by atoms with Crippen molar-refractivity contribution in [1.29, 1.82) is 0 Å². The number of benzene rings is 3. The lowest BCUT2D eigenvalue weighted by molar-refractivity contribution is 0.0695. The molecule has 148 valence electrons. The number of fused-ring (bicyclic) bond motifs is 1. The fourth-order valence-corrected chi connectivity index (χ4v) is 3.15. The van der Waals surface area contributed by atoms with Crippen LogP contribution in [0, 0.1) is 0 Å². The first-order valence-corrected chi connectivity index (χ1v) is 8.82. The molecular weight excluding hydrogens is 388 g/mol. The van der Waals surface area contributed by atoms with Crippen LogP contribution in [0.5, 0.6) is 5.75 Å². The molecule has 8 nitrogen and oxygen atoms in total. The van der Waals surface area contributed by atoms with E-state index in [1.807, 2.05) is 0 Å². The molecule has 0 atom stereocenters. The van der Waals surface area contributed by atoms with Gasteiger partial charge in [-0.1, -0.05) is 12.1 Å². The molecule has 4 rings (SSSR count). The third-order valence-electron chi connectivity index (χ3n) is 4.67. The summed E-state index contributed by atoms with van der Waals surface area (Å²) in [5, 5.41) is 21.3. The highest BCUT2D eigenvalue weighted by molar-refractivity contribution is 6.34. The Kier molecular flexibility index (Phi) is 4.51. The van der Waals surface area contributed by atoms with Crippen LogP contribution in [0.2, 0.25) is 0 Å². The fourth-order valence-electron chi connectivity index (χ4n) is 3.15. The molecule has 0 unspecified atom stereocenters. The Morgan fingerprint density at radius 1 is 0.800 bits per heavy atom. The van der Waals surface area contributed by atoms with Crippen LogP contribution in [0.3, 0.4) is 0 Å². The lowest BCUT2D eigenvalue weighted by atomic mass is 10.1. The Bertz CT molecular complexity index is 1180. The molecule has 0 saturated heterocycles. The average Bonchev–Trinajstić information content (AvgIpc) is 3.00.